The van der Waals surface area contributed by atoms with Crippen LogP contribution in [0.2, 0.25) is 0 Å². The molecule has 2 rings (SSSR count). The first-order chi connectivity index (χ1) is 9.92. The van der Waals surface area contributed by atoms with Gasteiger partial charge in [0, 0.05) is 11.7 Å². The van der Waals surface area contributed by atoms with Gasteiger partial charge in [-0.05, 0) is 50.7 Å². The topological polar surface area (TPSA) is 65.8 Å². The maximum Gasteiger partial charge on any atom is 0.230 e. The molecule has 1 heterocycles. The molecule has 0 spiro atoms. The Labute approximate surface area is 130 Å². The van der Waals surface area contributed by atoms with Crippen molar-refractivity contribution in [3.8, 4) is 6.07 Å². The summed E-state index contributed by atoms with van der Waals surface area (Å²) in [6, 6.07) is 2.54. The fraction of sp³-hybridized carbons (Fsp3) is 0.562. The van der Waals surface area contributed by atoms with Crippen LogP contribution in [0.25, 0.3) is 0 Å². The van der Waals surface area contributed by atoms with Gasteiger partial charge in [0.25, 0.3) is 0 Å². The first-order valence-electron chi connectivity index (χ1n) is 7.22. The lowest BCUT2D eigenvalue weighted by molar-refractivity contribution is -0.120. The minimum absolute atomic E-state index is 0.0264. The van der Waals surface area contributed by atoms with Crippen LogP contribution in [0, 0.1) is 38.0 Å². The smallest absolute Gasteiger partial charge is 0.230 e. The summed E-state index contributed by atoms with van der Waals surface area (Å²) in [6.45, 7) is 8.03. The molecule has 0 aromatic carbocycles. The molecule has 1 amide bonds. The molecule has 0 unspecified atom stereocenters. The van der Waals surface area contributed by atoms with Crippen LogP contribution in [0.15, 0.2) is 5.03 Å². The highest BCUT2D eigenvalue weighted by atomic mass is 32.2. The van der Waals surface area contributed by atoms with Crippen molar-refractivity contribution in [3.63, 3.8) is 0 Å². The number of nitrogens with one attached hydrogen (secondary N) is 1. The van der Waals surface area contributed by atoms with Crippen molar-refractivity contribution in [3.05, 3.63) is 22.4 Å². The number of rotatable bonds is 4. The lowest BCUT2D eigenvalue weighted by Crippen LogP contribution is -2.44. The summed E-state index contributed by atoms with van der Waals surface area (Å²) in [5, 5.41) is 13.0. The Morgan fingerprint density at radius 3 is 2.62 bits per heavy atom. The molecule has 0 radical (unpaired) electrons. The van der Waals surface area contributed by atoms with Gasteiger partial charge in [-0.3, -0.25) is 4.79 Å². The number of nitrogens with zero attached hydrogens (tertiary/aromatic N) is 2. The minimum atomic E-state index is 0.0264. The van der Waals surface area contributed by atoms with E-state index < -0.39 is 0 Å². The predicted molar refractivity (Wildman–Crippen MR) is 84.2 cm³/mol. The van der Waals surface area contributed by atoms with Gasteiger partial charge in [-0.15, -0.1) is 0 Å². The Hall–Kier alpha value is -1.54. The Bertz CT molecular complexity index is 601. The molecule has 0 saturated heterocycles. The van der Waals surface area contributed by atoms with Crippen molar-refractivity contribution in [1.82, 2.24) is 10.3 Å². The molecule has 4 nitrogen and oxygen atoms in total. The zero-order valence-corrected chi connectivity index (χ0v) is 13.8. The van der Waals surface area contributed by atoms with Gasteiger partial charge in [-0.25, -0.2) is 4.98 Å². The quantitative estimate of drug-likeness (QED) is 0.869. The minimum Gasteiger partial charge on any atom is -0.353 e. The van der Waals surface area contributed by atoms with Crippen molar-refractivity contribution >= 4 is 17.7 Å². The van der Waals surface area contributed by atoms with Crippen molar-refractivity contribution in [2.24, 2.45) is 5.92 Å². The lowest BCUT2D eigenvalue weighted by Gasteiger charge is -2.33. The number of carbonyl (C=O) groups is 1. The Morgan fingerprint density at radius 1 is 1.38 bits per heavy atom. The molecule has 0 aliphatic heterocycles. The molecular weight excluding hydrogens is 282 g/mol. The van der Waals surface area contributed by atoms with E-state index in [1.54, 1.807) is 0 Å². The van der Waals surface area contributed by atoms with E-state index in [9.17, 15) is 10.1 Å². The second kappa shape index (κ2) is 6.48. The number of carbonyl (C=O) groups excluding carboxylic acids is 1. The van der Waals surface area contributed by atoms with Crippen molar-refractivity contribution in [1.29, 1.82) is 5.26 Å². The molecule has 112 valence electrons. The van der Waals surface area contributed by atoms with E-state index in [0.717, 1.165) is 35.6 Å². The van der Waals surface area contributed by atoms with Gasteiger partial charge < -0.3 is 5.32 Å². The van der Waals surface area contributed by atoms with Crippen molar-refractivity contribution in [2.75, 3.05) is 5.75 Å². The lowest BCUT2D eigenvalue weighted by atomic mass is 9.82. The van der Waals surface area contributed by atoms with E-state index in [4.69, 9.17) is 0 Å². The summed E-state index contributed by atoms with van der Waals surface area (Å²) in [4.78, 5) is 16.4. The number of nitriles is 1. The molecule has 5 heteroatoms. The van der Waals surface area contributed by atoms with E-state index in [0.29, 0.717) is 22.4 Å². The number of amides is 1. The van der Waals surface area contributed by atoms with Gasteiger partial charge in [-0.2, -0.15) is 5.26 Å². The molecule has 1 aliphatic rings. The predicted octanol–water partition coefficient (Wildman–Crippen LogP) is 2.89. The third-order valence-electron chi connectivity index (χ3n) is 4.15. The summed E-state index contributed by atoms with van der Waals surface area (Å²) in [6.07, 6.45) is 2.14. The molecule has 0 bridgehead atoms. The first-order valence-corrected chi connectivity index (χ1v) is 8.21. The van der Waals surface area contributed by atoms with Crippen LogP contribution in [-0.2, 0) is 4.79 Å². The van der Waals surface area contributed by atoms with E-state index in [2.05, 4.69) is 23.3 Å². The number of aromatic nitrogens is 1. The summed E-state index contributed by atoms with van der Waals surface area (Å²) in [7, 11) is 0. The van der Waals surface area contributed by atoms with Gasteiger partial charge in [0.15, 0.2) is 0 Å². The maximum atomic E-state index is 11.9. The Kier molecular flexibility index (Phi) is 4.89. The summed E-state index contributed by atoms with van der Waals surface area (Å²) in [5.74, 6) is 1.06. The third kappa shape index (κ3) is 3.56. The van der Waals surface area contributed by atoms with Gasteiger partial charge in [0.05, 0.1) is 11.3 Å². The molecule has 21 heavy (non-hydrogen) atoms. The Morgan fingerprint density at radius 2 is 2.05 bits per heavy atom. The third-order valence-corrected chi connectivity index (χ3v) is 5.13. The number of hydrogen-bond acceptors (Lipinski definition) is 4. The molecule has 1 aromatic rings. The largest absolute Gasteiger partial charge is 0.353 e. The number of pyridine rings is 1. The number of thioether (sulfide) groups is 1. The highest BCUT2D eigenvalue weighted by Gasteiger charge is 2.26. The second-order valence-corrected chi connectivity index (χ2v) is 6.83. The van der Waals surface area contributed by atoms with Gasteiger partial charge >= 0.3 is 0 Å². The van der Waals surface area contributed by atoms with Crippen LogP contribution in [0.1, 0.15) is 42.1 Å². The Balaban J connectivity index is 2.00. The molecular formula is C16H21N3OS. The van der Waals surface area contributed by atoms with Gasteiger partial charge in [0.2, 0.25) is 5.91 Å². The molecule has 1 aromatic heterocycles. The van der Waals surface area contributed by atoms with Crippen molar-refractivity contribution < 1.29 is 4.79 Å². The maximum absolute atomic E-state index is 11.9. The summed E-state index contributed by atoms with van der Waals surface area (Å²) >= 11 is 1.35. The zero-order chi connectivity index (χ0) is 15.6. The van der Waals surface area contributed by atoms with Crippen molar-refractivity contribution in [2.45, 2.75) is 51.6 Å². The van der Waals surface area contributed by atoms with Crippen LogP contribution in [0.5, 0.6) is 0 Å². The van der Waals surface area contributed by atoms with Crippen LogP contribution >= 0.6 is 11.8 Å². The highest BCUT2D eigenvalue weighted by molar-refractivity contribution is 8.00. The summed E-state index contributed by atoms with van der Waals surface area (Å²) < 4.78 is 0. The molecule has 1 N–H and O–H groups in total. The highest BCUT2D eigenvalue weighted by Crippen LogP contribution is 2.28. The molecule has 0 atom stereocenters. The summed E-state index contributed by atoms with van der Waals surface area (Å²) in [5.41, 5.74) is 3.51. The normalized spacial score (nSPS) is 20.5. The van der Waals surface area contributed by atoms with E-state index >= 15 is 0 Å². The average molecular weight is 303 g/mol. The van der Waals surface area contributed by atoms with Gasteiger partial charge in [-0.1, -0.05) is 18.7 Å². The SMILES string of the molecule is Cc1nc(SCC(=O)NC2CC(C)C2)c(C#N)c(C)c1C. The fourth-order valence-electron chi connectivity index (χ4n) is 2.57. The van der Waals surface area contributed by atoms with E-state index in [1.165, 1.54) is 11.8 Å². The number of aryl methyl sites for hydroxylation is 1. The van der Waals surface area contributed by atoms with Crippen LogP contribution < -0.4 is 5.32 Å². The molecule has 1 saturated carbocycles. The van der Waals surface area contributed by atoms with Gasteiger partial charge in [0.1, 0.15) is 11.1 Å². The fourth-order valence-corrected chi connectivity index (χ4v) is 3.47. The van der Waals surface area contributed by atoms with E-state index in [1.807, 2.05) is 20.8 Å². The number of hydrogen-bond donors (Lipinski definition) is 1. The van der Waals surface area contributed by atoms with Crippen LogP contribution in [-0.4, -0.2) is 22.7 Å². The second-order valence-electron chi connectivity index (χ2n) is 5.87. The first kappa shape index (κ1) is 15.8. The molecule has 1 aliphatic carbocycles. The van der Waals surface area contributed by atoms with Crippen LogP contribution in [0.3, 0.4) is 0 Å². The zero-order valence-electron chi connectivity index (χ0n) is 13.0. The monoisotopic (exact) mass is 303 g/mol. The standard InChI is InChI=1S/C16H21N3OS/c1-9-5-13(6-9)19-15(20)8-21-16-14(7-17)11(3)10(2)12(4)18-16/h9,13H,5-6,8H2,1-4H3,(H,19,20). The van der Waals surface area contributed by atoms with Crippen LogP contribution in [0.4, 0.5) is 0 Å². The van der Waals surface area contributed by atoms with E-state index in [-0.39, 0.29) is 5.91 Å². The molecule has 1 fully saturated rings. The average Bonchev–Trinajstić information content (AvgIpc) is 2.41.